The Morgan fingerprint density at radius 3 is 2.67 bits per heavy atom. The van der Waals surface area contributed by atoms with Crippen LogP contribution in [0.5, 0.6) is 0 Å². The lowest BCUT2D eigenvalue weighted by molar-refractivity contribution is 0.442. The summed E-state index contributed by atoms with van der Waals surface area (Å²) in [7, 11) is 0. The summed E-state index contributed by atoms with van der Waals surface area (Å²) in [6.07, 6.45) is 0.417. The van der Waals surface area contributed by atoms with Gasteiger partial charge >= 0.3 is 0 Å². The van der Waals surface area contributed by atoms with Gasteiger partial charge in [-0.05, 0) is 42.6 Å². The van der Waals surface area contributed by atoms with Crippen LogP contribution in [0.25, 0.3) is 0 Å². The van der Waals surface area contributed by atoms with E-state index in [0.717, 1.165) is 12.1 Å². The molecule has 4 heteroatoms. The monoisotopic (exact) mass is 252 g/mol. The number of halogens is 2. The lowest BCUT2D eigenvalue weighted by Gasteiger charge is -2.13. The van der Waals surface area contributed by atoms with Crippen molar-refractivity contribution in [2.45, 2.75) is 20.3 Å². The van der Waals surface area contributed by atoms with E-state index in [1.165, 1.54) is 6.07 Å². The van der Waals surface area contributed by atoms with E-state index in [0.29, 0.717) is 25.1 Å². The Labute approximate surface area is 107 Å². The number of nitrogens with one attached hydrogen (secondary N) is 1. The third-order valence-corrected chi connectivity index (χ3v) is 2.91. The third kappa shape index (κ3) is 4.42. The molecule has 1 aromatic rings. The van der Waals surface area contributed by atoms with Gasteiger partial charge in [0, 0.05) is 6.54 Å². The van der Waals surface area contributed by atoms with E-state index < -0.39 is 5.82 Å². The van der Waals surface area contributed by atoms with Crippen LogP contribution in [-0.2, 0) is 6.42 Å². The lowest BCUT2D eigenvalue weighted by atomic mass is 9.97. The minimum absolute atomic E-state index is 0.0534. The first-order chi connectivity index (χ1) is 8.54. The number of nitrogens with zero attached hydrogens (tertiary/aromatic N) is 1. The van der Waals surface area contributed by atoms with Crippen LogP contribution in [0.2, 0.25) is 0 Å². The second-order valence-electron chi connectivity index (χ2n) is 4.67. The van der Waals surface area contributed by atoms with Crippen molar-refractivity contribution in [3.05, 3.63) is 35.4 Å². The summed E-state index contributed by atoms with van der Waals surface area (Å²) >= 11 is 0. The maximum Gasteiger partial charge on any atom is 0.126 e. The van der Waals surface area contributed by atoms with Crippen LogP contribution < -0.4 is 5.32 Å². The third-order valence-electron chi connectivity index (χ3n) is 2.91. The van der Waals surface area contributed by atoms with E-state index in [9.17, 15) is 8.78 Å². The highest BCUT2D eigenvalue weighted by Gasteiger charge is 2.11. The Morgan fingerprint density at radius 1 is 1.33 bits per heavy atom. The van der Waals surface area contributed by atoms with Gasteiger partial charge in [0.2, 0.25) is 0 Å². The van der Waals surface area contributed by atoms with E-state index in [2.05, 4.69) is 11.4 Å². The molecule has 0 bridgehead atoms. The first-order valence-electron chi connectivity index (χ1n) is 6.09. The quantitative estimate of drug-likeness (QED) is 0.790. The van der Waals surface area contributed by atoms with Gasteiger partial charge in [-0.25, -0.2) is 8.78 Å². The van der Waals surface area contributed by atoms with Crippen LogP contribution >= 0.6 is 0 Å². The summed E-state index contributed by atoms with van der Waals surface area (Å²) in [5.74, 6) is -0.585. The molecule has 2 nitrogen and oxygen atoms in total. The van der Waals surface area contributed by atoms with Crippen molar-refractivity contribution in [1.29, 1.82) is 5.26 Å². The van der Waals surface area contributed by atoms with Gasteiger partial charge in [-0.2, -0.15) is 5.26 Å². The Morgan fingerprint density at radius 2 is 2.06 bits per heavy atom. The highest BCUT2D eigenvalue weighted by molar-refractivity contribution is 5.18. The van der Waals surface area contributed by atoms with Gasteiger partial charge in [0.1, 0.15) is 11.6 Å². The second kappa shape index (κ2) is 7.07. The summed E-state index contributed by atoms with van der Waals surface area (Å²) in [4.78, 5) is 0. The molecule has 0 radical (unpaired) electrons. The van der Waals surface area contributed by atoms with E-state index >= 15 is 0 Å². The molecular weight excluding hydrogens is 234 g/mol. The second-order valence-corrected chi connectivity index (χ2v) is 4.67. The van der Waals surface area contributed by atoms with Crippen molar-refractivity contribution in [2.75, 3.05) is 13.1 Å². The number of hydrogen-bond acceptors (Lipinski definition) is 2. The fraction of sp³-hybridized carbons (Fsp3) is 0.500. The molecule has 18 heavy (non-hydrogen) atoms. The number of hydrogen-bond donors (Lipinski definition) is 1. The summed E-state index contributed by atoms with van der Waals surface area (Å²) in [6, 6.07) is 5.68. The smallest absolute Gasteiger partial charge is 0.126 e. The summed E-state index contributed by atoms with van der Waals surface area (Å²) < 4.78 is 26.2. The molecule has 0 spiro atoms. The fourth-order valence-electron chi connectivity index (χ4n) is 1.65. The van der Waals surface area contributed by atoms with E-state index in [1.807, 2.05) is 13.8 Å². The average molecular weight is 252 g/mol. The molecule has 0 aromatic heterocycles. The maximum absolute atomic E-state index is 13.3. The van der Waals surface area contributed by atoms with Crippen LogP contribution in [-0.4, -0.2) is 13.1 Å². The summed E-state index contributed by atoms with van der Waals surface area (Å²) in [6.45, 7) is 5.08. The molecule has 0 saturated carbocycles. The van der Waals surface area contributed by atoms with E-state index in [-0.39, 0.29) is 17.7 Å². The highest BCUT2D eigenvalue weighted by atomic mass is 19.1. The zero-order valence-corrected chi connectivity index (χ0v) is 10.7. The molecule has 0 aliphatic carbocycles. The minimum atomic E-state index is -0.427. The first kappa shape index (κ1) is 14.6. The van der Waals surface area contributed by atoms with Crippen LogP contribution in [0, 0.1) is 34.8 Å². The highest BCUT2D eigenvalue weighted by Crippen LogP contribution is 2.10. The molecule has 1 atom stereocenters. The molecule has 0 saturated heterocycles. The van der Waals surface area contributed by atoms with Gasteiger partial charge in [0.15, 0.2) is 0 Å². The van der Waals surface area contributed by atoms with Crippen LogP contribution in [0.15, 0.2) is 18.2 Å². The van der Waals surface area contributed by atoms with E-state index in [4.69, 9.17) is 5.26 Å². The lowest BCUT2D eigenvalue weighted by Crippen LogP contribution is -2.27. The van der Waals surface area contributed by atoms with Gasteiger partial charge in [-0.15, -0.1) is 0 Å². The maximum atomic E-state index is 13.3. The molecule has 1 unspecified atom stereocenters. The number of rotatable bonds is 6. The molecule has 0 aliphatic rings. The van der Waals surface area contributed by atoms with Crippen molar-refractivity contribution in [3.8, 4) is 6.07 Å². The van der Waals surface area contributed by atoms with Crippen LogP contribution in [0.1, 0.15) is 19.4 Å². The number of benzene rings is 1. The number of nitriles is 1. The van der Waals surface area contributed by atoms with Crippen molar-refractivity contribution >= 4 is 0 Å². The van der Waals surface area contributed by atoms with Crippen molar-refractivity contribution < 1.29 is 8.78 Å². The normalized spacial score (nSPS) is 12.4. The fourth-order valence-corrected chi connectivity index (χ4v) is 1.65. The van der Waals surface area contributed by atoms with Crippen LogP contribution in [0.3, 0.4) is 0 Å². The Hall–Kier alpha value is -1.47. The molecule has 1 rings (SSSR count). The average Bonchev–Trinajstić information content (AvgIpc) is 2.33. The zero-order chi connectivity index (χ0) is 13.5. The molecule has 1 aromatic carbocycles. The standard InChI is InChI=1S/C14H18F2N2/c1-10(2)12(8-17)9-18-6-5-11-7-13(15)3-4-14(11)16/h3-4,7,10,12,18H,5-6,9H2,1-2H3. The van der Waals surface area contributed by atoms with Gasteiger partial charge in [0.25, 0.3) is 0 Å². The Balaban J connectivity index is 2.38. The Bertz CT molecular complexity index is 424. The SMILES string of the molecule is CC(C)C(C#N)CNCCc1cc(F)ccc1F. The first-order valence-corrected chi connectivity index (χ1v) is 6.09. The molecule has 0 heterocycles. The predicted octanol–water partition coefficient (Wildman–Crippen LogP) is 2.89. The Kier molecular flexibility index (Phi) is 5.73. The van der Waals surface area contributed by atoms with Gasteiger partial charge in [-0.1, -0.05) is 13.8 Å². The topological polar surface area (TPSA) is 35.8 Å². The van der Waals surface area contributed by atoms with Crippen LogP contribution in [0.4, 0.5) is 8.78 Å². The van der Waals surface area contributed by atoms with E-state index in [1.54, 1.807) is 0 Å². The molecule has 0 fully saturated rings. The molecule has 0 aliphatic heterocycles. The van der Waals surface area contributed by atoms with Gasteiger partial charge in [0.05, 0.1) is 12.0 Å². The summed E-state index contributed by atoms with van der Waals surface area (Å²) in [5, 5.41) is 12.0. The molecule has 98 valence electrons. The zero-order valence-electron chi connectivity index (χ0n) is 10.7. The van der Waals surface area contributed by atoms with Crippen molar-refractivity contribution in [2.24, 2.45) is 11.8 Å². The van der Waals surface area contributed by atoms with Crippen molar-refractivity contribution in [1.82, 2.24) is 5.32 Å². The molecule has 1 N–H and O–H groups in total. The largest absolute Gasteiger partial charge is 0.315 e. The molecule has 0 amide bonds. The van der Waals surface area contributed by atoms with Gasteiger partial charge in [-0.3, -0.25) is 0 Å². The summed E-state index contributed by atoms with van der Waals surface area (Å²) in [5.41, 5.74) is 0.362. The van der Waals surface area contributed by atoms with Gasteiger partial charge < -0.3 is 5.32 Å². The predicted molar refractivity (Wildman–Crippen MR) is 66.9 cm³/mol. The minimum Gasteiger partial charge on any atom is -0.315 e. The molecular formula is C14H18F2N2. The van der Waals surface area contributed by atoms with Crippen molar-refractivity contribution in [3.63, 3.8) is 0 Å².